The number of hydrogen-bond acceptors (Lipinski definition) is 3. The summed E-state index contributed by atoms with van der Waals surface area (Å²) < 4.78 is 0. The monoisotopic (exact) mass is 248 g/mol. The molecule has 1 aliphatic rings. The normalized spacial score (nSPS) is 20.5. The zero-order valence-electron chi connectivity index (χ0n) is 10.2. The summed E-state index contributed by atoms with van der Waals surface area (Å²) in [5.74, 6) is -0.879. The van der Waals surface area contributed by atoms with Crippen molar-refractivity contribution < 1.29 is 14.7 Å². The lowest BCUT2D eigenvalue weighted by molar-refractivity contribution is -0.128. The van der Waals surface area contributed by atoms with Crippen molar-refractivity contribution in [3.8, 4) is 0 Å². The van der Waals surface area contributed by atoms with E-state index in [1.807, 2.05) is 6.92 Å². The van der Waals surface area contributed by atoms with Gasteiger partial charge >= 0.3 is 5.97 Å². The molecule has 2 N–H and O–H groups in total. The van der Waals surface area contributed by atoms with Gasteiger partial charge in [-0.3, -0.25) is 9.69 Å². The number of rotatable bonds is 3. The first kappa shape index (κ1) is 12.6. The smallest absolute Gasteiger partial charge is 0.335 e. The molecule has 96 valence electrons. The summed E-state index contributed by atoms with van der Waals surface area (Å²) >= 11 is 0. The maximum absolute atomic E-state index is 11.5. The predicted molar refractivity (Wildman–Crippen MR) is 66.3 cm³/mol. The Bertz CT molecular complexity index is 456. The van der Waals surface area contributed by atoms with Gasteiger partial charge in [0, 0.05) is 19.6 Å². The van der Waals surface area contributed by atoms with Gasteiger partial charge in [0.2, 0.25) is 5.91 Å². The lowest BCUT2D eigenvalue weighted by atomic mass is 10.1. The van der Waals surface area contributed by atoms with Gasteiger partial charge in [0.1, 0.15) is 0 Å². The molecule has 0 bridgehead atoms. The van der Waals surface area contributed by atoms with Gasteiger partial charge in [-0.05, 0) is 24.6 Å². The number of aromatic carboxylic acids is 1. The van der Waals surface area contributed by atoms with E-state index in [1.165, 1.54) is 0 Å². The molecule has 1 atom stereocenters. The molecule has 0 aromatic heterocycles. The average Bonchev–Trinajstić information content (AvgIpc) is 2.36. The molecule has 1 unspecified atom stereocenters. The molecule has 0 radical (unpaired) electrons. The number of carboxylic acid groups (broad SMARTS) is 1. The number of hydrogen-bond donors (Lipinski definition) is 2. The van der Waals surface area contributed by atoms with Crippen LogP contribution in [0.5, 0.6) is 0 Å². The van der Waals surface area contributed by atoms with Crippen molar-refractivity contribution in [1.29, 1.82) is 0 Å². The van der Waals surface area contributed by atoms with Crippen LogP contribution in [-0.2, 0) is 11.3 Å². The van der Waals surface area contributed by atoms with Crippen molar-refractivity contribution in [2.75, 3.05) is 13.1 Å². The molecule has 1 amide bonds. The van der Waals surface area contributed by atoms with Gasteiger partial charge in [-0.25, -0.2) is 4.79 Å². The first-order chi connectivity index (χ1) is 8.58. The molecule has 5 heteroatoms. The summed E-state index contributed by atoms with van der Waals surface area (Å²) in [5, 5.41) is 11.6. The molecule has 0 saturated carbocycles. The second-order valence-electron chi connectivity index (χ2n) is 4.44. The molecular formula is C13H16N2O3. The number of piperazine rings is 1. The van der Waals surface area contributed by atoms with Crippen LogP contribution in [0.25, 0.3) is 0 Å². The molecule has 18 heavy (non-hydrogen) atoms. The van der Waals surface area contributed by atoms with Gasteiger partial charge in [-0.15, -0.1) is 0 Å². The molecule has 2 rings (SSSR count). The fourth-order valence-electron chi connectivity index (χ4n) is 2.03. The van der Waals surface area contributed by atoms with E-state index in [0.717, 1.165) is 12.1 Å². The van der Waals surface area contributed by atoms with Gasteiger partial charge in [0.25, 0.3) is 0 Å². The van der Waals surface area contributed by atoms with Crippen molar-refractivity contribution in [2.24, 2.45) is 0 Å². The van der Waals surface area contributed by atoms with E-state index in [2.05, 4.69) is 10.2 Å². The summed E-state index contributed by atoms with van der Waals surface area (Å²) in [4.78, 5) is 24.3. The van der Waals surface area contributed by atoms with E-state index in [9.17, 15) is 9.59 Å². The number of carbonyl (C=O) groups excluding carboxylic acids is 1. The third-order valence-electron chi connectivity index (χ3n) is 3.21. The van der Waals surface area contributed by atoms with Crippen LogP contribution in [0.4, 0.5) is 0 Å². The average molecular weight is 248 g/mol. The highest BCUT2D eigenvalue weighted by Gasteiger charge is 2.25. The predicted octanol–water partition coefficient (Wildman–Crippen LogP) is 0.705. The number of benzene rings is 1. The fraction of sp³-hybridized carbons (Fsp3) is 0.385. The number of carbonyl (C=O) groups is 2. The van der Waals surface area contributed by atoms with Crippen LogP contribution in [-0.4, -0.2) is 41.0 Å². The van der Waals surface area contributed by atoms with Gasteiger partial charge in [0.15, 0.2) is 0 Å². The Balaban J connectivity index is 2.04. The zero-order chi connectivity index (χ0) is 13.1. The van der Waals surface area contributed by atoms with E-state index < -0.39 is 5.97 Å². The minimum Gasteiger partial charge on any atom is -0.478 e. The third-order valence-corrected chi connectivity index (χ3v) is 3.21. The minimum absolute atomic E-state index is 0.0448. The van der Waals surface area contributed by atoms with Gasteiger partial charge in [0.05, 0.1) is 11.6 Å². The Morgan fingerprint density at radius 2 is 2.11 bits per heavy atom. The lowest BCUT2D eigenvalue weighted by Crippen LogP contribution is -2.53. The highest BCUT2D eigenvalue weighted by molar-refractivity contribution is 5.87. The molecule has 1 aromatic rings. The number of nitrogens with zero attached hydrogens (tertiary/aromatic N) is 1. The molecule has 1 saturated heterocycles. The lowest BCUT2D eigenvalue weighted by Gasteiger charge is -2.32. The Morgan fingerprint density at radius 1 is 1.44 bits per heavy atom. The Labute approximate surface area is 105 Å². The van der Waals surface area contributed by atoms with E-state index in [4.69, 9.17) is 5.11 Å². The number of amides is 1. The first-order valence-corrected chi connectivity index (χ1v) is 5.92. The largest absolute Gasteiger partial charge is 0.478 e. The molecule has 1 aliphatic heterocycles. The quantitative estimate of drug-likeness (QED) is 0.826. The summed E-state index contributed by atoms with van der Waals surface area (Å²) in [6, 6.07) is 6.63. The summed E-state index contributed by atoms with van der Waals surface area (Å²) in [7, 11) is 0. The highest BCUT2D eigenvalue weighted by Crippen LogP contribution is 2.12. The fourth-order valence-corrected chi connectivity index (χ4v) is 2.03. The van der Waals surface area contributed by atoms with E-state index in [-0.39, 0.29) is 17.5 Å². The van der Waals surface area contributed by atoms with Crippen molar-refractivity contribution in [2.45, 2.75) is 19.5 Å². The molecular weight excluding hydrogens is 232 g/mol. The van der Waals surface area contributed by atoms with Crippen molar-refractivity contribution in [1.82, 2.24) is 10.2 Å². The maximum atomic E-state index is 11.5. The van der Waals surface area contributed by atoms with E-state index in [0.29, 0.717) is 13.1 Å². The van der Waals surface area contributed by atoms with Crippen LogP contribution in [0.15, 0.2) is 24.3 Å². The topological polar surface area (TPSA) is 69.6 Å². The molecule has 0 aliphatic carbocycles. The highest BCUT2D eigenvalue weighted by atomic mass is 16.4. The zero-order valence-corrected chi connectivity index (χ0v) is 10.2. The second kappa shape index (κ2) is 5.18. The molecule has 5 nitrogen and oxygen atoms in total. The summed E-state index contributed by atoms with van der Waals surface area (Å²) in [6.45, 7) is 4.01. The van der Waals surface area contributed by atoms with Crippen LogP contribution in [0.1, 0.15) is 22.8 Å². The first-order valence-electron chi connectivity index (χ1n) is 5.92. The Morgan fingerprint density at radius 3 is 2.72 bits per heavy atom. The third kappa shape index (κ3) is 2.68. The van der Waals surface area contributed by atoms with Crippen molar-refractivity contribution in [3.63, 3.8) is 0 Å². The Kier molecular flexibility index (Phi) is 3.62. The molecule has 1 aromatic carbocycles. The van der Waals surface area contributed by atoms with Crippen LogP contribution >= 0.6 is 0 Å². The van der Waals surface area contributed by atoms with Gasteiger partial charge in [-0.1, -0.05) is 12.1 Å². The minimum atomic E-state index is -0.924. The summed E-state index contributed by atoms with van der Waals surface area (Å²) in [6.07, 6.45) is 0. The van der Waals surface area contributed by atoms with Gasteiger partial charge in [-0.2, -0.15) is 0 Å². The number of nitrogens with one attached hydrogen (secondary N) is 1. The molecule has 0 spiro atoms. The SMILES string of the molecule is CC1C(=O)NCCN1Cc1ccc(C(=O)O)cc1. The van der Waals surface area contributed by atoms with E-state index in [1.54, 1.807) is 24.3 Å². The van der Waals surface area contributed by atoms with Crippen LogP contribution in [0, 0.1) is 0 Å². The number of carboxylic acids is 1. The standard InChI is InChI=1S/C13H16N2O3/c1-9-12(16)14-6-7-15(9)8-10-2-4-11(5-3-10)13(17)18/h2-5,9H,6-8H2,1H3,(H,14,16)(H,17,18). The van der Waals surface area contributed by atoms with Crippen LogP contribution in [0.3, 0.4) is 0 Å². The van der Waals surface area contributed by atoms with Crippen LogP contribution < -0.4 is 5.32 Å². The van der Waals surface area contributed by atoms with Gasteiger partial charge < -0.3 is 10.4 Å². The Hall–Kier alpha value is -1.88. The molecule has 1 fully saturated rings. The van der Waals surface area contributed by atoms with E-state index >= 15 is 0 Å². The summed E-state index contributed by atoms with van der Waals surface area (Å²) in [5.41, 5.74) is 1.30. The van der Waals surface area contributed by atoms with Crippen molar-refractivity contribution in [3.05, 3.63) is 35.4 Å². The molecule has 1 heterocycles. The van der Waals surface area contributed by atoms with Crippen molar-refractivity contribution >= 4 is 11.9 Å². The van der Waals surface area contributed by atoms with Crippen LogP contribution in [0.2, 0.25) is 0 Å². The second-order valence-corrected chi connectivity index (χ2v) is 4.44. The maximum Gasteiger partial charge on any atom is 0.335 e.